The van der Waals surface area contributed by atoms with E-state index in [2.05, 4.69) is 22.1 Å². The van der Waals surface area contributed by atoms with Gasteiger partial charge in [-0.3, -0.25) is 4.79 Å². The molecule has 1 N–H and O–H groups in total. The number of hydrogen-bond acceptors (Lipinski definition) is 4. The number of carbonyl (C=O) groups is 1. The highest BCUT2D eigenvalue weighted by Crippen LogP contribution is 2.30. The Bertz CT molecular complexity index is 856. The van der Waals surface area contributed by atoms with E-state index in [4.69, 9.17) is 0 Å². The van der Waals surface area contributed by atoms with Gasteiger partial charge in [0.15, 0.2) is 0 Å². The lowest BCUT2D eigenvalue weighted by molar-refractivity contribution is 0.0962. The lowest BCUT2D eigenvalue weighted by Gasteiger charge is -1.98. The molecule has 0 aliphatic rings. The number of aryl methyl sites for hydroxylation is 1. The van der Waals surface area contributed by atoms with Gasteiger partial charge in [-0.1, -0.05) is 36.1 Å². The van der Waals surface area contributed by atoms with E-state index in [0.717, 1.165) is 21.1 Å². The van der Waals surface area contributed by atoms with Crippen molar-refractivity contribution in [2.24, 2.45) is 0 Å². The zero-order valence-electron chi connectivity index (χ0n) is 12.5. The number of thiophene rings is 1. The first-order chi connectivity index (χ1) is 11.2. The number of rotatable bonds is 3. The summed E-state index contributed by atoms with van der Waals surface area (Å²) in [5.74, 6) is 5.86. The molecular weight excluding hydrogens is 324 g/mol. The van der Waals surface area contributed by atoms with Crippen LogP contribution in [0.3, 0.4) is 0 Å². The molecule has 0 fully saturated rings. The number of aromatic nitrogens is 1. The number of carbonyl (C=O) groups excluding carboxylic acids is 1. The zero-order chi connectivity index (χ0) is 16.1. The topological polar surface area (TPSA) is 42.0 Å². The van der Waals surface area contributed by atoms with E-state index in [1.165, 1.54) is 11.3 Å². The van der Waals surface area contributed by atoms with Crippen LogP contribution in [0.2, 0.25) is 0 Å². The van der Waals surface area contributed by atoms with Crippen LogP contribution in [0.1, 0.15) is 20.9 Å². The van der Waals surface area contributed by atoms with Gasteiger partial charge in [-0.05, 0) is 30.5 Å². The van der Waals surface area contributed by atoms with Crippen molar-refractivity contribution < 1.29 is 4.79 Å². The van der Waals surface area contributed by atoms with E-state index in [0.29, 0.717) is 11.4 Å². The van der Waals surface area contributed by atoms with E-state index in [9.17, 15) is 4.79 Å². The number of amides is 1. The summed E-state index contributed by atoms with van der Waals surface area (Å²) in [4.78, 5) is 18.5. The SMILES string of the molecule is Cc1nc(-c2cccs2)sc1C(=O)NCC#Cc1ccccc1. The van der Waals surface area contributed by atoms with Gasteiger partial charge in [0.1, 0.15) is 9.88 Å². The van der Waals surface area contributed by atoms with E-state index < -0.39 is 0 Å². The predicted molar refractivity (Wildman–Crippen MR) is 95.8 cm³/mol. The fourth-order valence-electron chi connectivity index (χ4n) is 1.99. The third-order valence-corrected chi connectivity index (χ3v) is 5.27. The second-order valence-electron chi connectivity index (χ2n) is 4.76. The molecule has 0 saturated carbocycles. The van der Waals surface area contributed by atoms with Crippen molar-refractivity contribution in [3.63, 3.8) is 0 Å². The van der Waals surface area contributed by atoms with Crippen molar-refractivity contribution >= 4 is 28.6 Å². The Hall–Kier alpha value is -2.42. The van der Waals surface area contributed by atoms with Gasteiger partial charge < -0.3 is 5.32 Å². The first kappa shape index (κ1) is 15.5. The van der Waals surface area contributed by atoms with E-state index in [1.54, 1.807) is 11.3 Å². The summed E-state index contributed by atoms with van der Waals surface area (Å²) in [6, 6.07) is 13.7. The molecule has 0 atom stereocenters. The first-order valence-corrected chi connectivity index (χ1v) is 8.77. The summed E-state index contributed by atoms with van der Waals surface area (Å²) in [6.07, 6.45) is 0. The van der Waals surface area contributed by atoms with Crippen molar-refractivity contribution in [1.29, 1.82) is 0 Å². The normalized spacial score (nSPS) is 9.96. The average molecular weight is 338 g/mol. The molecule has 0 radical (unpaired) electrons. The molecule has 2 heterocycles. The Morgan fingerprint density at radius 2 is 2.04 bits per heavy atom. The molecule has 0 saturated heterocycles. The monoisotopic (exact) mass is 338 g/mol. The Morgan fingerprint density at radius 1 is 1.22 bits per heavy atom. The molecule has 1 aromatic carbocycles. The molecule has 3 rings (SSSR count). The molecule has 0 aliphatic carbocycles. The average Bonchev–Trinajstić information content (AvgIpc) is 3.21. The molecule has 3 aromatic rings. The van der Waals surface area contributed by atoms with Crippen molar-refractivity contribution in [2.75, 3.05) is 6.54 Å². The number of benzene rings is 1. The highest BCUT2D eigenvalue weighted by molar-refractivity contribution is 7.22. The zero-order valence-corrected chi connectivity index (χ0v) is 14.1. The maximum absolute atomic E-state index is 12.3. The second kappa shape index (κ2) is 7.23. The van der Waals surface area contributed by atoms with Gasteiger partial charge in [0.2, 0.25) is 0 Å². The van der Waals surface area contributed by atoms with Crippen molar-refractivity contribution in [2.45, 2.75) is 6.92 Å². The Balaban J connectivity index is 1.64. The maximum Gasteiger partial charge on any atom is 0.264 e. The fourth-order valence-corrected chi connectivity index (χ4v) is 3.76. The minimum atomic E-state index is -0.120. The summed E-state index contributed by atoms with van der Waals surface area (Å²) >= 11 is 3.04. The molecule has 1 amide bonds. The van der Waals surface area contributed by atoms with Crippen LogP contribution in [0.15, 0.2) is 47.8 Å². The lowest BCUT2D eigenvalue weighted by Crippen LogP contribution is -2.23. The fraction of sp³-hybridized carbons (Fsp3) is 0.111. The van der Waals surface area contributed by atoms with Crippen LogP contribution >= 0.6 is 22.7 Å². The second-order valence-corrected chi connectivity index (χ2v) is 6.71. The molecule has 5 heteroatoms. The number of hydrogen-bond donors (Lipinski definition) is 1. The maximum atomic E-state index is 12.3. The van der Waals surface area contributed by atoms with Crippen molar-refractivity contribution in [3.05, 3.63) is 64.0 Å². The summed E-state index contributed by atoms with van der Waals surface area (Å²) in [7, 11) is 0. The Morgan fingerprint density at radius 3 is 2.78 bits per heavy atom. The van der Waals surface area contributed by atoms with Gasteiger partial charge in [0.25, 0.3) is 5.91 Å². The van der Waals surface area contributed by atoms with Crippen LogP contribution in [-0.4, -0.2) is 17.4 Å². The minimum absolute atomic E-state index is 0.120. The quantitative estimate of drug-likeness (QED) is 0.735. The third-order valence-electron chi connectivity index (χ3n) is 3.08. The van der Waals surface area contributed by atoms with Crippen LogP contribution in [0, 0.1) is 18.8 Å². The molecule has 0 spiro atoms. The highest BCUT2D eigenvalue weighted by atomic mass is 32.1. The molecule has 0 bridgehead atoms. The van der Waals surface area contributed by atoms with Crippen LogP contribution in [0.5, 0.6) is 0 Å². The summed E-state index contributed by atoms with van der Waals surface area (Å²) in [5.41, 5.74) is 1.70. The molecular formula is C18H14N2OS2. The van der Waals surface area contributed by atoms with Gasteiger partial charge in [0, 0.05) is 5.56 Å². The number of nitrogens with zero attached hydrogens (tertiary/aromatic N) is 1. The van der Waals surface area contributed by atoms with Gasteiger partial charge in [-0.2, -0.15) is 0 Å². The smallest absolute Gasteiger partial charge is 0.264 e. The Labute approximate surface area is 143 Å². The first-order valence-electron chi connectivity index (χ1n) is 7.07. The highest BCUT2D eigenvalue weighted by Gasteiger charge is 2.15. The van der Waals surface area contributed by atoms with Gasteiger partial charge in [-0.15, -0.1) is 22.7 Å². The molecule has 0 aliphatic heterocycles. The largest absolute Gasteiger partial charge is 0.340 e. The van der Waals surface area contributed by atoms with Crippen molar-refractivity contribution in [3.8, 4) is 21.7 Å². The summed E-state index contributed by atoms with van der Waals surface area (Å²) in [5, 5.41) is 5.72. The van der Waals surface area contributed by atoms with Crippen LogP contribution < -0.4 is 5.32 Å². The van der Waals surface area contributed by atoms with Crippen LogP contribution in [0.4, 0.5) is 0 Å². The molecule has 0 unspecified atom stereocenters. The molecule has 3 nitrogen and oxygen atoms in total. The standard InChI is InChI=1S/C18H14N2OS2/c1-13-16(23-18(20-13)15-10-6-12-22-15)17(21)19-11-5-9-14-7-3-2-4-8-14/h2-4,6-8,10,12H,11H2,1H3,(H,19,21). The molecule has 2 aromatic heterocycles. The van der Waals surface area contributed by atoms with E-state index >= 15 is 0 Å². The minimum Gasteiger partial charge on any atom is -0.340 e. The van der Waals surface area contributed by atoms with Crippen LogP contribution in [-0.2, 0) is 0 Å². The third kappa shape index (κ3) is 3.86. The molecule has 23 heavy (non-hydrogen) atoms. The number of thiazole rings is 1. The van der Waals surface area contributed by atoms with Crippen molar-refractivity contribution in [1.82, 2.24) is 10.3 Å². The summed E-state index contributed by atoms with van der Waals surface area (Å²) < 4.78 is 0. The lowest BCUT2D eigenvalue weighted by atomic mass is 10.2. The van der Waals surface area contributed by atoms with E-state index in [1.807, 2.05) is 54.8 Å². The van der Waals surface area contributed by atoms with Gasteiger partial charge >= 0.3 is 0 Å². The van der Waals surface area contributed by atoms with Crippen LogP contribution in [0.25, 0.3) is 9.88 Å². The Kier molecular flexibility index (Phi) is 4.86. The van der Waals surface area contributed by atoms with E-state index in [-0.39, 0.29) is 5.91 Å². The van der Waals surface area contributed by atoms with Gasteiger partial charge in [0.05, 0.1) is 17.1 Å². The predicted octanol–water partition coefficient (Wildman–Crippen LogP) is 3.96. The molecule has 114 valence electrons. The number of nitrogens with one attached hydrogen (secondary N) is 1. The summed E-state index contributed by atoms with van der Waals surface area (Å²) in [6.45, 7) is 2.18. The van der Waals surface area contributed by atoms with Gasteiger partial charge in [-0.25, -0.2) is 4.98 Å².